The van der Waals surface area contributed by atoms with Crippen LogP contribution in [-0.2, 0) is 0 Å². The van der Waals surface area contributed by atoms with E-state index in [9.17, 15) is 0 Å². The number of nitrogens with zero attached hydrogens (tertiary/aromatic N) is 3. The molecule has 0 amide bonds. The zero-order chi connectivity index (χ0) is 10.4. The number of hydrogen-bond acceptors (Lipinski definition) is 2. The number of hydrogen-bond donors (Lipinski definition) is 0. The fourth-order valence-electron chi connectivity index (χ4n) is 1.77. The summed E-state index contributed by atoms with van der Waals surface area (Å²) in [5.74, 6) is 0. The molecule has 4 heteroatoms. The van der Waals surface area contributed by atoms with Gasteiger partial charge in [0.2, 0.25) is 0 Å². The van der Waals surface area contributed by atoms with Crippen molar-refractivity contribution in [3.8, 4) is 0 Å². The molecule has 0 bridgehead atoms. The van der Waals surface area contributed by atoms with Crippen molar-refractivity contribution >= 4 is 28.2 Å². The highest BCUT2D eigenvalue weighted by atomic mass is 35.5. The quantitative estimate of drug-likeness (QED) is 0.580. The van der Waals surface area contributed by atoms with E-state index >= 15 is 0 Å². The van der Waals surface area contributed by atoms with Gasteiger partial charge in [0.15, 0.2) is 5.65 Å². The molecule has 0 aliphatic heterocycles. The van der Waals surface area contributed by atoms with Crippen LogP contribution in [0.1, 0.15) is 5.56 Å². The van der Waals surface area contributed by atoms with Crippen LogP contribution in [0.15, 0.2) is 30.6 Å². The van der Waals surface area contributed by atoms with Gasteiger partial charge >= 0.3 is 0 Å². The molecular formula is C11H8ClN3. The molecule has 0 unspecified atom stereocenters. The van der Waals surface area contributed by atoms with Crippen LogP contribution < -0.4 is 0 Å². The van der Waals surface area contributed by atoms with Gasteiger partial charge in [-0.1, -0.05) is 23.2 Å². The third-order valence-electron chi connectivity index (χ3n) is 2.50. The number of aromatic nitrogens is 3. The van der Waals surface area contributed by atoms with E-state index in [2.05, 4.69) is 22.3 Å². The van der Waals surface area contributed by atoms with Crippen LogP contribution in [0.3, 0.4) is 0 Å². The summed E-state index contributed by atoms with van der Waals surface area (Å²) >= 11 is 6.18. The molecule has 1 aromatic carbocycles. The van der Waals surface area contributed by atoms with E-state index in [1.807, 2.05) is 23.5 Å². The van der Waals surface area contributed by atoms with Crippen LogP contribution in [0.25, 0.3) is 16.6 Å². The summed E-state index contributed by atoms with van der Waals surface area (Å²) in [6.07, 6.45) is 1.70. The van der Waals surface area contributed by atoms with Crippen LogP contribution in [0, 0.1) is 6.92 Å². The largest absolute Gasteiger partial charge is 0.281 e. The maximum Gasteiger partial charge on any atom is 0.162 e. The van der Waals surface area contributed by atoms with Gasteiger partial charge in [-0.25, -0.2) is 0 Å². The predicted molar refractivity (Wildman–Crippen MR) is 60.2 cm³/mol. The van der Waals surface area contributed by atoms with Gasteiger partial charge in [0, 0.05) is 11.5 Å². The van der Waals surface area contributed by atoms with Gasteiger partial charge in [-0.15, -0.1) is 10.2 Å². The lowest BCUT2D eigenvalue weighted by Gasteiger charge is -2.04. The summed E-state index contributed by atoms with van der Waals surface area (Å²) < 4.78 is 1.93. The third kappa shape index (κ3) is 1.20. The second-order valence-electron chi connectivity index (χ2n) is 3.57. The van der Waals surface area contributed by atoms with E-state index in [1.165, 1.54) is 5.56 Å². The van der Waals surface area contributed by atoms with E-state index in [0.29, 0.717) is 5.02 Å². The highest BCUT2D eigenvalue weighted by Gasteiger charge is 2.05. The van der Waals surface area contributed by atoms with Crippen LogP contribution in [0.2, 0.25) is 5.02 Å². The zero-order valence-electron chi connectivity index (χ0n) is 8.11. The standard InChI is InChI=1S/C11H8ClN3/c1-7-2-3-10-8(4-7)9(12)5-11-14-13-6-15(10)11/h2-6H,1H3. The van der Waals surface area contributed by atoms with Gasteiger partial charge in [0.25, 0.3) is 0 Å². The smallest absolute Gasteiger partial charge is 0.162 e. The third-order valence-corrected chi connectivity index (χ3v) is 2.81. The predicted octanol–water partition coefficient (Wildman–Crippen LogP) is 2.84. The summed E-state index contributed by atoms with van der Waals surface area (Å²) in [4.78, 5) is 0. The van der Waals surface area contributed by atoms with Crippen molar-refractivity contribution in [2.24, 2.45) is 0 Å². The van der Waals surface area contributed by atoms with Gasteiger partial charge in [-0.3, -0.25) is 4.40 Å². The minimum atomic E-state index is 0.717. The van der Waals surface area contributed by atoms with Crippen molar-refractivity contribution in [1.82, 2.24) is 14.6 Å². The molecule has 2 heterocycles. The van der Waals surface area contributed by atoms with Crippen LogP contribution in [-0.4, -0.2) is 14.6 Å². The molecule has 2 aromatic heterocycles. The van der Waals surface area contributed by atoms with E-state index in [1.54, 1.807) is 6.33 Å². The normalized spacial score (nSPS) is 11.3. The monoisotopic (exact) mass is 217 g/mol. The number of rotatable bonds is 0. The molecule has 0 saturated carbocycles. The van der Waals surface area contributed by atoms with Crippen molar-refractivity contribution < 1.29 is 0 Å². The maximum absolute atomic E-state index is 6.18. The first-order chi connectivity index (χ1) is 7.25. The lowest BCUT2D eigenvalue weighted by Crippen LogP contribution is -1.88. The molecule has 0 aliphatic carbocycles. The number of pyridine rings is 1. The van der Waals surface area contributed by atoms with Crippen molar-refractivity contribution in [3.63, 3.8) is 0 Å². The number of fused-ring (bicyclic) bond motifs is 3. The Labute approximate surface area is 91.3 Å². The Morgan fingerprint density at radius 3 is 3.00 bits per heavy atom. The molecule has 0 aliphatic rings. The van der Waals surface area contributed by atoms with Crippen LogP contribution in [0.5, 0.6) is 0 Å². The average molecular weight is 218 g/mol. The molecule has 0 atom stereocenters. The summed E-state index contributed by atoms with van der Waals surface area (Å²) in [7, 11) is 0. The number of halogens is 1. The fraction of sp³-hybridized carbons (Fsp3) is 0.0909. The Morgan fingerprint density at radius 1 is 1.27 bits per heavy atom. The molecule has 3 nitrogen and oxygen atoms in total. The molecule has 0 fully saturated rings. The van der Waals surface area contributed by atoms with E-state index < -0.39 is 0 Å². The summed E-state index contributed by atoms with van der Waals surface area (Å²) in [6.45, 7) is 2.05. The highest BCUT2D eigenvalue weighted by molar-refractivity contribution is 6.35. The molecular weight excluding hydrogens is 210 g/mol. The Balaban J connectivity index is 2.61. The van der Waals surface area contributed by atoms with Gasteiger partial charge in [-0.05, 0) is 19.1 Å². The summed E-state index contributed by atoms with van der Waals surface area (Å²) in [5, 5.41) is 9.60. The van der Waals surface area contributed by atoms with Gasteiger partial charge < -0.3 is 0 Å². The van der Waals surface area contributed by atoms with Crippen molar-refractivity contribution in [3.05, 3.63) is 41.2 Å². The molecule has 0 saturated heterocycles. The van der Waals surface area contributed by atoms with E-state index in [0.717, 1.165) is 16.6 Å². The summed E-state index contributed by atoms with van der Waals surface area (Å²) in [5.41, 5.74) is 3.00. The zero-order valence-corrected chi connectivity index (χ0v) is 8.86. The maximum atomic E-state index is 6.18. The minimum Gasteiger partial charge on any atom is -0.281 e. The Bertz CT molecular complexity index is 657. The Hall–Kier alpha value is -1.61. The van der Waals surface area contributed by atoms with Crippen LogP contribution >= 0.6 is 11.6 Å². The fourth-order valence-corrected chi connectivity index (χ4v) is 2.02. The molecule has 0 N–H and O–H groups in total. The lowest BCUT2D eigenvalue weighted by molar-refractivity contribution is 1.11. The number of benzene rings is 1. The first-order valence-corrected chi connectivity index (χ1v) is 5.02. The second kappa shape index (κ2) is 2.94. The topological polar surface area (TPSA) is 30.2 Å². The molecule has 0 spiro atoms. The van der Waals surface area contributed by atoms with E-state index in [4.69, 9.17) is 11.6 Å². The van der Waals surface area contributed by atoms with Crippen LogP contribution in [0.4, 0.5) is 0 Å². The average Bonchev–Trinajstić information content (AvgIpc) is 2.66. The van der Waals surface area contributed by atoms with Crippen molar-refractivity contribution in [2.75, 3.05) is 0 Å². The molecule has 0 radical (unpaired) electrons. The first-order valence-electron chi connectivity index (χ1n) is 4.64. The SMILES string of the molecule is Cc1ccc2c(c1)c(Cl)cc1nncn12. The van der Waals surface area contributed by atoms with Gasteiger partial charge in [0.1, 0.15) is 6.33 Å². The molecule has 3 aromatic rings. The minimum absolute atomic E-state index is 0.717. The lowest BCUT2D eigenvalue weighted by atomic mass is 10.1. The van der Waals surface area contributed by atoms with Crippen molar-refractivity contribution in [2.45, 2.75) is 6.92 Å². The second-order valence-corrected chi connectivity index (χ2v) is 3.98. The Kier molecular flexibility index (Phi) is 1.70. The van der Waals surface area contributed by atoms with Gasteiger partial charge in [0.05, 0.1) is 10.5 Å². The number of aryl methyl sites for hydroxylation is 1. The molecule has 74 valence electrons. The van der Waals surface area contributed by atoms with Crippen molar-refractivity contribution in [1.29, 1.82) is 0 Å². The molecule has 3 rings (SSSR count). The first kappa shape index (κ1) is 8.68. The molecule has 15 heavy (non-hydrogen) atoms. The van der Waals surface area contributed by atoms with Gasteiger partial charge in [-0.2, -0.15) is 0 Å². The summed E-state index contributed by atoms with van der Waals surface area (Å²) in [6, 6.07) is 7.98. The highest BCUT2D eigenvalue weighted by Crippen LogP contribution is 2.25. The van der Waals surface area contributed by atoms with E-state index in [-0.39, 0.29) is 0 Å². The Morgan fingerprint density at radius 2 is 2.13 bits per heavy atom.